The normalized spacial score (nSPS) is 10.9. The molecule has 0 atom stereocenters. The molecule has 84 valence electrons. The quantitative estimate of drug-likeness (QED) is 0.692. The van der Waals surface area contributed by atoms with Gasteiger partial charge in [0.25, 0.3) is 0 Å². The fourth-order valence-electron chi connectivity index (χ4n) is 1.89. The zero-order valence-electron chi connectivity index (χ0n) is 9.13. The van der Waals surface area contributed by atoms with Crippen molar-refractivity contribution < 1.29 is 0 Å². The van der Waals surface area contributed by atoms with Crippen molar-refractivity contribution in [2.45, 2.75) is 0 Å². The Labute approximate surface area is 106 Å². The molecule has 4 nitrogen and oxygen atoms in total. The first-order valence-corrected chi connectivity index (χ1v) is 5.92. The minimum absolute atomic E-state index is 0.915. The first-order valence-electron chi connectivity index (χ1n) is 5.13. The van der Waals surface area contributed by atoms with Crippen LogP contribution in [0.3, 0.4) is 0 Å². The van der Waals surface area contributed by atoms with Crippen molar-refractivity contribution in [1.82, 2.24) is 19.5 Å². The van der Waals surface area contributed by atoms with E-state index in [1.54, 1.807) is 18.7 Å². The molecule has 3 aromatic heterocycles. The van der Waals surface area contributed by atoms with Gasteiger partial charge in [-0.2, -0.15) is 0 Å². The number of nitrogens with zero attached hydrogens (tertiary/aromatic N) is 4. The highest BCUT2D eigenvalue weighted by Gasteiger charge is 2.12. The maximum Gasteiger partial charge on any atom is 0.144 e. The average Bonchev–Trinajstić information content (AvgIpc) is 2.66. The largest absolute Gasteiger partial charge is 0.334 e. The molecule has 0 bridgehead atoms. The zero-order chi connectivity index (χ0) is 11.8. The maximum absolute atomic E-state index is 4.37. The number of hydrogen-bond acceptors (Lipinski definition) is 3. The Balaban J connectivity index is 2.38. The van der Waals surface area contributed by atoms with Crippen molar-refractivity contribution in [2.75, 3.05) is 0 Å². The van der Waals surface area contributed by atoms with Gasteiger partial charge in [-0.25, -0.2) is 9.97 Å². The third-order valence-electron chi connectivity index (χ3n) is 2.66. The highest BCUT2D eigenvalue weighted by atomic mass is 79.9. The van der Waals surface area contributed by atoms with Crippen LogP contribution in [0.2, 0.25) is 0 Å². The first-order chi connectivity index (χ1) is 8.27. The van der Waals surface area contributed by atoms with E-state index in [0.717, 1.165) is 26.8 Å². The third-order valence-corrected chi connectivity index (χ3v) is 3.26. The average molecular weight is 289 g/mol. The maximum atomic E-state index is 4.37. The summed E-state index contributed by atoms with van der Waals surface area (Å²) in [7, 11) is 1.97. The smallest absolute Gasteiger partial charge is 0.144 e. The van der Waals surface area contributed by atoms with Gasteiger partial charge >= 0.3 is 0 Å². The minimum Gasteiger partial charge on any atom is -0.334 e. The molecular weight excluding hydrogens is 280 g/mol. The Hall–Kier alpha value is -1.75. The van der Waals surface area contributed by atoms with E-state index in [4.69, 9.17) is 0 Å². The number of hydrogen-bond donors (Lipinski definition) is 0. The van der Waals surface area contributed by atoms with Crippen LogP contribution in [0.5, 0.6) is 0 Å². The molecule has 0 aromatic carbocycles. The number of aryl methyl sites for hydroxylation is 1. The number of pyridine rings is 1. The molecule has 0 saturated heterocycles. The van der Waals surface area contributed by atoms with E-state index in [9.17, 15) is 0 Å². The van der Waals surface area contributed by atoms with E-state index in [2.05, 4.69) is 30.9 Å². The van der Waals surface area contributed by atoms with Crippen LogP contribution in [-0.2, 0) is 7.05 Å². The molecule has 3 aromatic rings. The molecule has 0 aliphatic carbocycles. The van der Waals surface area contributed by atoms with Gasteiger partial charge in [0.1, 0.15) is 12.0 Å². The van der Waals surface area contributed by atoms with Gasteiger partial charge < -0.3 is 4.57 Å². The molecule has 0 aliphatic rings. The molecule has 3 heterocycles. The lowest BCUT2D eigenvalue weighted by Crippen LogP contribution is -1.91. The van der Waals surface area contributed by atoms with Crippen molar-refractivity contribution in [3.63, 3.8) is 0 Å². The van der Waals surface area contributed by atoms with E-state index >= 15 is 0 Å². The van der Waals surface area contributed by atoms with Crippen LogP contribution in [0.15, 0.2) is 41.5 Å². The highest BCUT2D eigenvalue weighted by molar-refractivity contribution is 9.10. The van der Waals surface area contributed by atoms with E-state index in [-0.39, 0.29) is 0 Å². The second-order valence-corrected chi connectivity index (χ2v) is 4.60. The molecule has 0 saturated carbocycles. The second-order valence-electron chi connectivity index (χ2n) is 3.74. The summed E-state index contributed by atoms with van der Waals surface area (Å²) in [6.45, 7) is 0. The topological polar surface area (TPSA) is 43.6 Å². The van der Waals surface area contributed by atoms with Gasteiger partial charge in [0, 0.05) is 35.7 Å². The van der Waals surface area contributed by atoms with Gasteiger partial charge in [-0.3, -0.25) is 4.98 Å². The summed E-state index contributed by atoms with van der Waals surface area (Å²) in [5, 5.41) is 1.03. The van der Waals surface area contributed by atoms with Crippen molar-refractivity contribution in [2.24, 2.45) is 7.05 Å². The molecule has 0 unspecified atom stereocenters. The summed E-state index contributed by atoms with van der Waals surface area (Å²) < 4.78 is 2.98. The molecule has 0 N–H and O–H groups in total. The molecule has 0 fully saturated rings. The van der Waals surface area contributed by atoms with Crippen molar-refractivity contribution in [3.05, 3.63) is 41.5 Å². The Morgan fingerprint density at radius 3 is 2.71 bits per heavy atom. The molecule has 0 spiro atoms. The Kier molecular flexibility index (Phi) is 2.40. The SMILES string of the molecule is Cn1cc(Br)c2c(-c3ccncc3)ncnc21. The lowest BCUT2D eigenvalue weighted by atomic mass is 10.1. The van der Waals surface area contributed by atoms with Crippen LogP contribution in [-0.4, -0.2) is 19.5 Å². The summed E-state index contributed by atoms with van der Waals surface area (Å²) >= 11 is 3.55. The molecule has 5 heteroatoms. The van der Waals surface area contributed by atoms with Crippen LogP contribution in [0.1, 0.15) is 0 Å². The van der Waals surface area contributed by atoms with Crippen LogP contribution >= 0.6 is 15.9 Å². The summed E-state index contributed by atoms with van der Waals surface area (Å²) in [5.74, 6) is 0. The van der Waals surface area contributed by atoms with Gasteiger partial charge in [-0.15, -0.1) is 0 Å². The Morgan fingerprint density at radius 1 is 1.18 bits per heavy atom. The zero-order valence-corrected chi connectivity index (χ0v) is 10.7. The summed E-state index contributed by atoms with van der Waals surface area (Å²) in [4.78, 5) is 12.7. The second kappa shape index (κ2) is 3.92. The molecule has 0 aliphatic heterocycles. The molecule has 0 amide bonds. The summed E-state index contributed by atoms with van der Waals surface area (Å²) in [6.07, 6.45) is 7.11. The number of aromatic nitrogens is 4. The Morgan fingerprint density at radius 2 is 1.94 bits per heavy atom. The van der Waals surface area contributed by atoms with Gasteiger partial charge in [0.15, 0.2) is 0 Å². The number of fused-ring (bicyclic) bond motifs is 1. The lowest BCUT2D eigenvalue weighted by molar-refractivity contribution is 0.942. The number of halogens is 1. The number of rotatable bonds is 1. The van der Waals surface area contributed by atoms with E-state index in [1.165, 1.54) is 0 Å². The molecular formula is C12H9BrN4. The van der Waals surface area contributed by atoms with Crippen LogP contribution in [0.4, 0.5) is 0 Å². The van der Waals surface area contributed by atoms with Gasteiger partial charge in [-0.1, -0.05) is 0 Å². The minimum atomic E-state index is 0.915. The van der Waals surface area contributed by atoms with Crippen molar-refractivity contribution >= 4 is 27.0 Å². The molecule has 3 rings (SSSR count). The van der Waals surface area contributed by atoms with E-state index < -0.39 is 0 Å². The summed E-state index contributed by atoms with van der Waals surface area (Å²) in [5.41, 5.74) is 2.88. The van der Waals surface area contributed by atoms with Crippen LogP contribution < -0.4 is 0 Å². The first kappa shape index (κ1) is 10.4. The van der Waals surface area contributed by atoms with Crippen molar-refractivity contribution in [1.29, 1.82) is 0 Å². The predicted molar refractivity (Wildman–Crippen MR) is 69.4 cm³/mol. The van der Waals surface area contributed by atoms with Crippen LogP contribution in [0.25, 0.3) is 22.3 Å². The van der Waals surface area contributed by atoms with Gasteiger partial charge in [-0.05, 0) is 28.1 Å². The van der Waals surface area contributed by atoms with E-state index in [1.807, 2.05) is 29.9 Å². The molecule has 0 radical (unpaired) electrons. The standard InChI is InChI=1S/C12H9BrN4/c1-17-6-9(13)10-11(15-7-16-12(10)17)8-2-4-14-5-3-8/h2-7H,1H3. The Bertz CT molecular complexity index is 676. The highest BCUT2D eigenvalue weighted by Crippen LogP contribution is 2.31. The van der Waals surface area contributed by atoms with Gasteiger partial charge in [0.2, 0.25) is 0 Å². The van der Waals surface area contributed by atoms with E-state index in [0.29, 0.717) is 0 Å². The predicted octanol–water partition coefficient (Wildman–Crippen LogP) is 2.79. The fraction of sp³-hybridized carbons (Fsp3) is 0.0833. The molecule has 17 heavy (non-hydrogen) atoms. The van der Waals surface area contributed by atoms with Gasteiger partial charge in [0.05, 0.1) is 11.1 Å². The third kappa shape index (κ3) is 1.63. The monoisotopic (exact) mass is 288 g/mol. The van der Waals surface area contributed by atoms with Crippen molar-refractivity contribution in [3.8, 4) is 11.3 Å². The fourth-order valence-corrected chi connectivity index (χ4v) is 2.56. The van der Waals surface area contributed by atoms with Crippen LogP contribution in [0, 0.1) is 0 Å². The lowest BCUT2D eigenvalue weighted by Gasteiger charge is -2.02. The summed E-state index contributed by atoms with van der Waals surface area (Å²) in [6, 6.07) is 3.89.